The van der Waals surface area contributed by atoms with Gasteiger partial charge in [0.25, 0.3) is 0 Å². The molecule has 1 atom stereocenters. The van der Waals surface area contributed by atoms with Gasteiger partial charge >= 0.3 is 0 Å². The van der Waals surface area contributed by atoms with E-state index >= 15 is 0 Å². The topological polar surface area (TPSA) is 85.2 Å². The van der Waals surface area contributed by atoms with E-state index in [2.05, 4.69) is 0 Å². The summed E-state index contributed by atoms with van der Waals surface area (Å²) >= 11 is 0. The van der Waals surface area contributed by atoms with Crippen molar-refractivity contribution in [2.24, 2.45) is 0 Å². The molecule has 2 N–H and O–H groups in total. The van der Waals surface area contributed by atoms with Crippen LogP contribution in [0.2, 0.25) is 0 Å². The number of phenols is 2. The van der Waals surface area contributed by atoms with Crippen molar-refractivity contribution in [2.75, 3.05) is 14.2 Å². The number of fused-ring (bicyclic) bond motifs is 1. The number of hydrogen-bond donors (Lipinski definition) is 2. The van der Waals surface area contributed by atoms with Gasteiger partial charge in [0.2, 0.25) is 0 Å². The summed E-state index contributed by atoms with van der Waals surface area (Å²) in [4.78, 5) is 12.4. The summed E-state index contributed by atoms with van der Waals surface area (Å²) in [5.74, 6) is 0.914. The minimum absolute atomic E-state index is 0.00279. The van der Waals surface area contributed by atoms with E-state index < -0.39 is 6.10 Å². The summed E-state index contributed by atoms with van der Waals surface area (Å²) in [6.07, 6.45) is -0.698. The van der Waals surface area contributed by atoms with Gasteiger partial charge in [0.05, 0.1) is 14.2 Å². The maximum atomic E-state index is 12.4. The summed E-state index contributed by atoms with van der Waals surface area (Å²) in [5.41, 5.74) is 1.18. The molecule has 1 heterocycles. The molecule has 0 bridgehead atoms. The highest BCUT2D eigenvalue weighted by molar-refractivity contribution is 5.89. The van der Waals surface area contributed by atoms with Gasteiger partial charge in [0, 0.05) is 29.7 Å². The third kappa shape index (κ3) is 2.63. The molecule has 0 saturated heterocycles. The van der Waals surface area contributed by atoms with E-state index in [1.165, 1.54) is 32.4 Å². The zero-order chi connectivity index (χ0) is 16.6. The summed E-state index contributed by atoms with van der Waals surface area (Å²) in [5, 5.41) is 19.4. The van der Waals surface area contributed by atoms with Gasteiger partial charge in [-0.3, -0.25) is 4.79 Å². The number of rotatable bonds is 3. The minimum Gasteiger partial charge on any atom is -0.508 e. The Morgan fingerprint density at radius 3 is 2.52 bits per heavy atom. The summed E-state index contributed by atoms with van der Waals surface area (Å²) in [6.45, 7) is 0. The number of hydrogen-bond acceptors (Lipinski definition) is 6. The molecule has 2 aromatic carbocycles. The monoisotopic (exact) mass is 316 g/mol. The number of ether oxygens (including phenoxy) is 3. The number of ketones is 1. The third-order valence-electron chi connectivity index (χ3n) is 3.77. The molecule has 1 unspecified atom stereocenters. The quantitative estimate of drug-likeness (QED) is 0.904. The molecule has 0 aromatic heterocycles. The summed E-state index contributed by atoms with van der Waals surface area (Å²) < 4.78 is 16.0. The van der Waals surface area contributed by atoms with Crippen molar-refractivity contribution < 1.29 is 29.2 Å². The minimum atomic E-state index is -0.830. The SMILES string of the molecule is COc1cc(C2Oc3cc(O)cc(OC)c3CC2=O)ccc1O. The van der Waals surface area contributed by atoms with Crippen molar-refractivity contribution in [1.29, 1.82) is 0 Å². The number of Topliss-reactive ketones (excluding diaryl/α,β-unsaturated/α-hetero) is 1. The van der Waals surface area contributed by atoms with Crippen molar-refractivity contribution in [1.82, 2.24) is 0 Å². The highest BCUT2D eigenvalue weighted by Gasteiger charge is 2.32. The van der Waals surface area contributed by atoms with Gasteiger partial charge < -0.3 is 24.4 Å². The van der Waals surface area contributed by atoms with Crippen LogP contribution in [0.5, 0.6) is 28.7 Å². The molecule has 120 valence electrons. The second-order valence-corrected chi connectivity index (χ2v) is 5.20. The van der Waals surface area contributed by atoms with Crippen molar-refractivity contribution in [3.05, 3.63) is 41.5 Å². The average molecular weight is 316 g/mol. The van der Waals surface area contributed by atoms with Crippen LogP contribution < -0.4 is 14.2 Å². The van der Waals surface area contributed by atoms with Crippen LogP contribution in [-0.4, -0.2) is 30.2 Å². The molecule has 6 nitrogen and oxygen atoms in total. The Hall–Kier alpha value is -2.89. The molecule has 0 fully saturated rings. The molecular formula is C17H16O6. The average Bonchev–Trinajstić information content (AvgIpc) is 2.54. The first-order valence-electron chi connectivity index (χ1n) is 6.99. The van der Waals surface area contributed by atoms with E-state index in [1.54, 1.807) is 12.1 Å². The first kappa shape index (κ1) is 15.0. The molecule has 6 heteroatoms. The fourth-order valence-electron chi connectivity index (χ4n) is 2.64. The van der Waals surface area contributed by atoms with E-state index in [9.17, 15) is 15.0 Å². The maximum absolute atomic E-state index is 12.4. The van der Waals surface area contributed by atoms with Gasteiger partial charge in [-0.05, 0) is 12.1 Å². The van der Waals surface area contributed by atoms with E-state index in [-0.39, 0.29) is 29.5 Å². The number of benzene rings is 2. The second kappa shape index (κ2) is 5.72. The smallest absolute Gasteiger partial charge is 0.182 e. The number of methoxy groups -OCH3 is 2. The molecule has 1 aliphatic rings. The van der Waals surface area contributed by atoms with E-state index in [0.29, 0.717) is 22.6 Å². The molecule has 0 saturated carbocycles. The molecule has 0 aliphatic carbocycles. The van der Waals surface area contributed by atoms with Crippen LogP contribution in [0.25, 0.3) is 0 Å². The lowest BCUT2D eigenvalue weighted by Crippen LogP contribution is -2.26. The van der Waals surface area contributed by atoms with Gasteiger partial charge in [-0.2, -0.15) is 0 Å². The predicted molar refractivity (Wildman–Crippen MR) is 81.4 cm³/mol. The number of phenolic OH excluding ortho intramolecular Hbond substituents is 2. The summed E-state index contributed by atoms with van der Waals surface area (Å²) in [7, 11) is 2.90. The van der Waals surface area contributed by atoms with Gasteiger partial charge in [-0.25, -0.2) is 0 Å². The van der Waals surface area contributed by atoms with Gasteiger partial charge in [0.15, 0.2) is 23.4 Å². The molecule has 0 spiro atoms. The molecular weight excluding hydrogens is 300 g/mol. The molecule has 0 amide bonds. The standard InChI is InChI=1S/C17H16O6/c1-21-14-6-10(18)7-15-11(14)8-13(20)17(23-15)9-3-4-12(19)16(5-9)22-2/h3-7,17-19H,8H2,1-2H3. The lowest BCUT2D eigenvalue weighted by molar-refractivity contribution is -0.126. The van der Waals surface area contributed by atoms with Crippen LogP contribution in [0.3, 0.4) is 0 Å². The fraction of sp³-hybridized carbons (Fsp3) is 0.235. The fourth-order valence-corrected chi connectivity index (χ4v) is 2.64. The van der Waals surface area contributed by atoms with Crippen LogP contribution in [0.4, 0.5) is 0 Å². The molecule has 0 radical (unpaired) electrons. The van der Waals surface area contributed by atoms with Crippen molar-refractivity contribution in [3.63, 3.8) is 0 Å². The third-order valence-corrected chi connectivity index (χ3v) is 3.77. The first-order chi connectivity index (χ1) is 11.0. The molecule has 2 aromatic rings. The van der Waals surface area contributed by atoms with Crippen molar-refractivity contribution >= 4 is 5.78 Å². The zero-order valence-electron chi connectivity index (χ0n) is 12.7. The van der Waals surface area contributed by atoms with E-state index in [4.69, 9.17) is 14.2 Å². The van der Waals surface area contributed by atoms with Crippen LogP contribution in [-0.2, 0) is 11.2 Å². The largest absolute Gasteiger partial charge is 0.508 e. The summed E-state index contributed by atoms with van der Waals surface area (Å²) in [6, 6.07) is 7.51. The van der Waals surface area contributed by atoms with E-state index in [0.717, 1.165) is 0 Å². The lowest BCUT2D eigenvalue weighted by atomic mass is 9.95. The van der Waals surface area contributed by atoms with Crippen LogP contribution >= 0.6 is 0 Å². The lowest BCUT2D eigenvalue weighted by Gasteiger charge is -2.26. The normalized spacial score (nSPS) is 16.4. The predicted octanol–water partition coefficient (Wildman–Crippen LogP) is 2.36. The Kier molecular flexibility index (Phi) is 3.73. The Morgan fingerprint density at radius 1 is 1.09 bits per heavy atom. The Morgan fingerprint density at radius 2 is 1.83 bits per heavy atom. The number of aromatic hydroxyl groups is 2. The molecule has 1 aliphatic heterocycles. The Balaban J connectivity index is 2.01. The molecule has 3 rings (SSSR count). The van der Waals surface area contributed by atoms with Crippen molar-refractivity contribution in [3.8, 4) is 28.7 Å². The van der Waals surface area contributed by atoms with Crippen LogP contribution in [0.1, 0.15) is 17.2 Å². The first-order valence-corrected chi connectivity index (χ1v) is 6.99. The maximum Gasteiger partial charge on any atom is 0.182 e. The van der Waals surface area contributed by atoms with Gasteiger partial charge in [0.1, 0.15) is 17.2 Å². The van der Waals surface area contributed by atoms with Gasteiger partial charge in [-0.1, -0.05) is 6.07 Å². The molecule has 23 heavy (non-hydrogen) atoms. The van der Waals surface area contributed by atoms with E-state index in [1.807, 2.05) is 0 Å². The van der Waals surface area contributed by atoms with Crippen LogP contribution in [0, 0.1) is 0 Å². The Labute approximate surface area is 132 Å². The number of carbonyl (C=O) groups is 1. The number of carbonyl (C=O) groups excluding carboxylic acids is 1. The zero-order valence-corrected chi connectivity index (χ0v) is 12.7. The second-order valence-electron chi connectivity index (χ2n) is 5.20. The highest BCUT2D eigenvalue weighted by atomic mass is 16.5. The Bertz CT molecular complexity index is 768. The van der Waals surface area contributed by atoms with Crippen molar-refractivity contribution in [2.45, 2.75) is 12.5 Å². The van der Waals surface area contributed by atoms with Crippen LogP contribution in [0.15, 0.2) is 30.3 Å². The highest BCUT2D eigenvalue weighted by Crippen LogP contribution is 2.41. The van der Waals surface area contributed by atoms with Gasteiger partial charge in [-0.15, -0.1) is 0 Å².